The fourth-order valence-electron chi connectivity index (χ4n) is 2.10. The highest BCUT2D eigenvalue weighted by Crippen LogP contribution is 2.16. The van der Waals surface area contributed by atoms with Gasteiger partial charge in [0.25, 0.3) is 5.91 Å². The van der Waals surface area contributed by atoms with Gasteiger partial charge in [0.1, 0.15) is 0 Å². The summed E-state index contributed by atoms with van der Waals surface area (Å²) in [6, 6.07) is 18.8. The van der Waals surface area contributed by atoms with Crippen molar-refractivity contribution >= 4 is 5.91 Å². The smallest absolute Gasteiger partial charge is 0.256 e. The third kappa shape index (κ3) is 3.45. The van der Waals surface area contributed by atoms with Gasteiger partial charge in [-0.1, -0.05) is 60.7 Å². The van der Waals surface area contributed by atoms with Gasteiger partial charge in [-0.3, -0.25) is 4.79 Å². The number of rotatable bonds is 5. The molecule has 0 heterocycles. The second-order valence-electron chi connectivity index (χ2n) is 4.65. The van der Waals surface area contributed by atoms with Crippen molar-refractivity contribution in [2.45, 2.75) is 19.6 Å². The number of carbonyl (C=O) groups is 1. The highest BCUT2D eigenvalue weighted by atomic mass is 16.3. The number of benzene rings is 2. The monoisotopic (exact) mass is 269 g/mol. The molecule has 3 heteroatoms. The van der Waals surface area contributed by atoms with E-state index in [9.17, 15) is 9.90 Å². The van der Waals surface area contributed by atoms with Gasteiger partial charge in [-0.05, 0) is 18.1 Å². The zero-order valence-electron chi connectivity index (χ0n) is 11.6. The van der Waals surface area contributed by atoms with Gasteiger partial charge in [0.2, 0.25) is 0 Å². The summed E-state index contributed by atoms with van der Waals surface area (Å²) in [5.74, 6) is -0.262. The number of aliphatic hydroxyl groups excluding tert-OH is 1. The Hall–Kier alpha value is -2.13. The molecule has 1 amide bonds. The third-order valence-corrected chi connectivity index (χ3v) is 3.26. The van der Waals surface area contributed by atoms with E-state index < -0.39 is 6.10 Å². The van der Waals surface area contributed by atoms with Gasteiger partial charge in [-0.25, -0.2) is 0 Å². The van der Waals surface area contributed by atoms with Gasteiger partial charge in [-0.2, -0.15) is 0 Å². The van der Waals surface area contributed by atoms with Gasteiger partial charge in [0.15, 0.2) is 6.10 Å². The van der Waals surface area contributed by atoms with Crippen molar-refractivity contribution < 1.29 is 9.90 Å². The van der Waals surface area contributed by atoms with E-state index in [4.69, 9.17) is 0 Å². The summed E-state index contributed by atoms with van der Waals surface area (Å²) in [7, 11) is 0. The van der Waals surface area contributed by atoms with Crippen LogP contribution in [0.5, 0.6) is 0 Å². The van der Waals surface area contributed by atoms with Crippen LogP contribution in [0.4, 0.5) is 0 Å². The van der Waals surface area contributed by atoms with Crippen LogP contribution in [0.3, 0.4) is 0 Å². The summed E-state index contributed by atoms with van der Waals surface area (Å²) < 4.78 is 0. The highest BCUT2D eigenvalue weighted by molar-refractivity contribution is 5.82. The van der Waals surface area contributed by atoms with E-state index >= 15 is 0 Å². The molecule has 0 saturated carbocycles. The first kappa shape index (κ1) is 14.3. The molecule has 3 nitrogen and oxygen atoms in total. The van der Waals surface area contributed by atoms with Crippen LogP contribution in [0.25, 0.3) is 0 Å². The molecular formula is C17H19NO2. The van der Waals surface area contributed by atoms with Gasteiger partial charge >= 0.3 is 0 Å². The molecule has 2 rings (SSSR count). The van der Waals surface area contributed by atoms with Crippen molar-refractivity contribution in [3.05, 3.63) is 71.8 Å². The molecule has 0 fully saturated rings. The normalized spacial score (nSPS) is 11.9. The number of nitrogens with zero attached hydrogens (tertiary/aromatic N) is 1. The molecule has 0 saturated heterocycles. The molecule has 0 aromatic heterocycles. The van der Waals surface area contributed by atoms with Crippen LogP contribution in [-0.4, -0.2) is 22.5 Å². The van der Waals surface area contributed by atoms with Crippen molar-refractivity contribution in [3.63, 3.8) is 0 Å². The number of hydrogen-bond donors (Lipinski definition) is 1. The first-order valence-electron chi connectivity index (χ1n) is 6.78. The second-order valence-corrected chi connectivity index (χ2v) is 4.65. The maximum atomic E-state index is 12.4. The molecule has 0 aliphatic rings. The predicted octanol–water partition coefficient (Wildman–Crippen LogP) is 2.77. The van der Waals surface area contributed by atoms with E-state index in [0.29, 0.717) is 18.7 Å². The highest BCUT2D eigenvalue weighted by Gasteiger charge is 2.22. The summed E-state index contributed by atoms with van der Waals surface area (Å²) in [5, 5.41) is 10.2. The minimum absolute atomic E-state index is 0.262. The SMILES string of the molecule is CCN(Cc1ccccc1)C(=O)C(O)c1ccccc1. The van der Waals surface area contributed by atoms with Crippen LogP contribution in [0, 0.1) is 0 Å². The van der Waals surface area contributed by atoms with Gasteiger partial charge in [0.05, 0.1) is 0 Å². The molecule has 2 aromatic rings. The number of hydrogen-bond acceptors (Lipinski definition) is 2. The summed E-state index contributed by atoms with van der Waals surface area (Å²) in [6.45, 7) is 3.00. The second kappa shape index (κ2) is 6.87. The Kier molecular flexibility index (Phi) is 4.91. The number of amides is 1. The van der Waals surface area contributed by atoms with Crippen LogP contribution in [0.15, 0.2) is 60.7 Å². The molecule has 0 bridgehead atoms. The molecule has 1 atom stereocenters. The molecule has 20 heavy (non-hydrogen) atoms. The first-order chi connectivity index (χ1) is 9.72. The molecule has 0 spiro atoms. The largest absolute Gasteiger partial charge is 0.378 e. The van der Waals surface area contributed by atoms with E-state index in [-0.39, 0.29) is 5.91 Å². The fourth-order valence-corrected chi connectivity index (χ4v) is 2.10. The molecule has 0 radical (unpaired) electrons. The Morgan fingerprint density at radius 1 is 1.05 bits per heavy atom. The van der Waals surface area contributed by atoms with E-state index in [0.717, 1.165) is 5.56 Å². The summed E-state index contributed by atoms with van der Waals surface area (Å²) in [5.41, 5.74) is 1.69. The molecule has 0 aliphatic carbocycles. The zero-order chi connectivity index (χ0) is 14.4. The average Bonchev–Trinajstić information content (AvgIpc) is 2.53. The van der Waals surface area contributed by atoms with E-state index in [1.54, 1.807) is 17.0 Å². The lowest BCUT2D eigenvalue weighted by molar-refractivity contribution is -0.141. The number of aliphatic hydroxyl groups is 1. The molecule has 104 valence electrons. The minimum Gasteiger partial charge on any atom is -0.378 e. The quantitative estimate of drug-likeness (QED) is 0.906. The van der Waals surface area contributed by atoms with Crippen molar-refractivity contribution in [1.29, 1.82) is 0 Å². The summed E-state index contributed by atoms with van der Waals surface area (Å²) in [6.07, 6.45) is -1.10. The van der Waals surface area contributed by atoms with E-state index in [1.807, 2.05) is 55.5 Å². The van der Waals surface area contributed by atoms with Gasteiger partial charge < -0.3 is 10.0 Å². The Morgan fingerprint density at radius 2 is 1.60 bits per heavy atom. The fraction of sp³-hybridized carbons (Fsp3) is 0.235. The van der Waals surface area contributed by atoms with Crippen molar-refractivity contribution in [2.75, 3.05) is 6.54 Å². The predicted molar refractivity (Wildman–Crippen MR) is 78.9 cm³/mol. The Balaban J connectivity index is 2.09. The average molecular weight is 269 g/mol. The Morgan fingerprint density at radius 3 is 2.15 bits per heavy atom. The van der Waals surface area contributed by atoms with Crippen LogP contribution in [0.2, 0.25) is 0 Å². The lowest BCUT2D eigenvalue weighted by atomic mass is 10.1. The molecule has 1 N–H and O–H groups in total. The number of likely N-dealkylation sites (N-methyl/N-ethyl adjacent to an activating group) is 1. The summed E-state index contributed by atoms with van der Waals surface area (Å²) in [4.78, 5) is 14.0. The molecule has 2 aromatic carbocycles. The van der Waals surface area contributed by atoms with Crippen LogP contribution in [-0.2, 0) is 11.3 Å². The van der Waals surface area contributed by atoms with Crippen LogP contribution < -0.4 is 0 Å². The first-order valence-corrected chi connectivity index (χ1v) is 6.78. The Bertz CT molecular complexity index is 539. The van der Waals surface area contributed by atoms with Gasteiger partial charge in [0, 0.05) is 13.1 Å². The van der Waals surface area contributed by atoms with Crippen molar-refractivity contribution in [1.82, 2.24) is 4.90 Å². The third-order valence-electron chi connectivity index (χ3n) is 3.26. The standard InChI is InChI=1S/C17H19NO2/c1-2-18(13-14-9-5-3-6-10-14)17(20)16(19)15-11-7-4-8-12-15/h3-12,16,19H,2,13H2,1H3. The maximum absolute atomic E-state index is 12.4. The summed E-state index contributed by atoms with van der Waals surface area (Å²) >= 11 is 0. The lowest BCUT2D eigenvalue weighted by Crippen LogP contribution is -2.34. The lowest BCUT2D eigenvalue weighted by Gasteiger charge is -2.24. The molecule has 0 aliphatic heterocycles. The topological polar surface area (TPSA) is 40.5 Å². The minimum atomic E-state index is -1.10. The van der Waals surface area contributed by atoms with Crippen molar-refractivity contribution in [3.8, 4) is 0 Å². The van der Waals surface area contributed by atoms with Crippen molar-refractivity contribution in [2.24, 2.45) is 0 Å². The van der Waals surface area contributed by atoms with E-state index in [2.05, 4.69) is 0 Å². The maximum Gasteiger partial charge on any atom is 0.256 e. The Labute approximate surface area is 119 Å². The zero-order valence-corrected chi connectivity index (χ0v) is 11.6. The van der Waals surface area contributed by atoms with E-state index in [1.165, 1.54) is 0 Å². The molecular weight excluding hydrogens is 250 g/mol. The van der Waals surface area contributed by atoms with Gasteiger partial charge in [-0.15, -0.1) is 0 Å². The molecule has 1 unspecified atom stereocenters. The van der Waals surface area contributed by atoms with Crippen LogP contribution in [0.1, 0.15) is 24.2 Å². The number of carbonyl (C=O) groups excluding carboxylic acids is 1. The van der Waals surface area contributed by atoms with Crippen LogP contribution >= 0.6 is 0 Å².